The summed E-state index contributed by atoms with van der Waals surface area (Å²) in [6.07, 6.45) is 3.06. The van der Waals surface area contributed by atoms with E-state index in [0.29, 0.717) is 0 Å². The van der Waals surface area contributed by atoms with Gasteiger partial charge >= 0.3 is 0 Å². The highest BCUT2D eigenvalue weighted by molar-refractivity contribution is 9.10. The zero-order chi connectivity index (χ0) is 12.6. The molecule has 0 spiro atoms. The van der Waals surface area contributed by atoms with Crippen LogP contribution in [0.4, 0.5) is 0 Å². The number of hydrogen-bond acceptors (Lipinski definition) is 1. The molecule has 0 aliphatic carbocycles. The van der Waals surface area contributed by atoms with Crippen LogP contribution in [0.2, 0.25) is 0 Å². The summed E-state index contributed by atoms with van der Waals surface area (Å²) in [5.74, 6) is 0.156. The zero-order valence-corrected chi connectivity index (χ0v) is 12.2. The molecule has 0 N–H and O–H groups in total. The summed E-state index contributed by atoms with van der Waals surface area (Å²) >= 11 is 3.43. The average molecular weight is 299 g/mol. The summed E-state index contributed by atoms with van der Waals surface area (Å²) in [5, 5.41) is 0. The van der Waals surface area contributed by atoms with Gasteiger partial charge < -0.3 is 9.47 Å². The molecule has 1 aromatic rings. The Labute approximate surface area is 111 Å². The maximum absolute atomic E-state index is 12.4. The minimum Gasteiger partial charge on any atom is -0.343 e. The van der Waals surface area contributed by atoms with E-state index in [9.17, 15) is 4.79 Å². The maximum Gasteiger partial charge on any atom is 0.270 e. The second-order valence-corrected chi connectivity index (χ2v) is 6.39. The van der Waals surface area contributed by atoms with Crippen LogP contribution >= 0.6 is 15.9 Å². The molecule has 2 rings (SSSR count). The molecule has 0 saturated carbocycles. The van der Waals surface area contributed by atoms with Gasteiger partial charge in [0.25, 0.3) is 5.91 Å². The van der Waals surface area contributed by atoms with Crippen LogP contribution in [0, 0.1) is 5.41 Å². The highest BCUT2D eigenvalue weighted by atomic mass is 79.9. The molecule has 0 unspecified atom stereocenters. The minimum absolute atomic E-state index is 0.156. The first-order valence-electron chi connectivity index (χ1n) is 6.08. The molecule has 1 fully saturated rings. The minimum atomic E-state index is 0.156. The van der Waals surface area contributed by atoms with E-state index in [-0.39, 0.29) is 11.3 Å². The fourth-order valence-electron chi connectivity index (χ4n) is 2.36. The monoisotopic (exact) mass is 298 g/mol. The van der Waals surface area contributed by atoms with E-state index in [2.05, 4.69) is 36.7 Å². The molecule has 1 aliphatic heterocycles. The third-order valence-electron chi connectivity index (χ3n) is 3.39. The summed E-state index contributed by atoms with van der Waals surface area (Å²) in [4.78, 5) is 14.4. The van der Waals surface area contributed by atoms with Crippen molar-refractivity contribution in [2.24, 2.45) is 5.41 Å². The van der Waals surface area contributed by atoms with Gasteiger partial charge in [-0.15, -0.1) is 0 Å². The van der Waals surface area contributed by atoms with Crippen LogP contribution in [0.3, 0.4) is 0 Å². The smallest absolute Gasteiger partial charge is 0.270 e. The van der Waals surface area contributed by atoms with Gasteiger partial charge in [0, 0.05) is 30.3 Å². The first kappa shape index (κ1) is 12.7. The lowest BCUT2D eigenvalue weighted by Gasteiger charge is -2.20. The molecule has 94 valence electrons. The average Bonchev–Trinajstić information content (AvgIpc) is 2.80. The maximum atomic E-state index is 12.4. The molecule has 0 radical (unpaired) electrons. The van der Waals surface area contributed by atoms with E-state index in [1.165, 1.54) is 0 Å². The Morgan fingerprint density at radius 3 is 2.76 bits per heavy atom. The molecule has 0 atom stereocenters. The van der Waals surface area contributed by atoms with Crippen LogP contribution in [0.5, 0.6) is 0 Å². The highest BCUT2D eigenvalue weighted by Gasteiger charge is 2.33. The Bertz CT molecular complexity index is 437. The van der Waals surface area contributed by atoms with Crippen molar-refractivity contribution in [3.63, 3.8) is 0 Å². The van der Waals surface area contributed by atoms with Gasteiger partial charge in [0.1, 0.15) is 5.69 Å². The molecular weight excluding hydrogens is 280 g/mol. The normalized spacial score (nSPS) is 18.7. The number of carbonyl (C=O) groups excluding carboxylic acids is 1. The molecule has 17 heavy (non-hydrogen) atoms. The van der Waals surface area contributed by atoms with Crippen LogP contribution in [-0.4, -0.2) is 28.5 Å². The Morgan fingerprint density at radius 2 is 2.24 bits per heavy atom. The lowest BCUT2D eigenvalue weighted by Crippen LogP contribution is -2.31. The van der Waals surface area contributed by atoms with Crippen molar-refractivity contribution in [2.45, 2.75) is 33.7 Å². The van der Waals surface area contributed by atoms with Crippen molar-refractivity contribution in [1.29, 1.82) is 0 Å². The van der Waals surface area contributed by atoms with Crippen LogP contribution in [0.1, 0.15) is 37.7 Å². The second-order valence-electron chi connectivity index (χ2n) is 5.47. The van der Waals surface area contributed by atoms with Gasteiger partial charge in [-0.25, -0.2) is 0 Å². The van der Waals surface area contributed by atoms with Gasteiger partial charge in [-0.2, -0.15) is 0 Å². The van der Waals surface area contributed by atoms with Crippen molar-refractivity contribution < 1.29 is 4.79 Å². The first-order chi connectivity index (χ1) is 7.93. The third kappa shape index (κ3) is 2.57. The number of nitrogens with zero attached hydrogens (tertiary/aromatic N) is 2. The zero-order valence-electron chi connectivity index (χ0n) is 10.7. The molecule has 0 bridgehead atoms. The Balaban J connectivity index is 2.20. The Kier molecular flexibility index (Phi) is 3.34. The van der Waals surface area contributed by atoms with Crippen molar-refractivity contribution in [2.75, 3.05) is 13.1 Å². The number of carbonyl (C=O) groups is 1. The lowest BCUT2D eigenvalue weighted by atomic mass is 9.93. The fraction of sp³-hybridized carbons (Fsp3) is 0.615. The Morgan fingerprint density at radius 1 is 1.53 bits per heavy atom. The van der Waals surface area contributed by atoms with E-state index in [1.54, 1.807) is 0 Å². The van der Waals surface area contributed by atoms with Crippen LogP contribution in [-0.2, 0) is 6.54 Å². The van der Waals surface area contributed by atoms with E-state index in [0.717, 1.165) is 36.2 Å². The molecule has 1 aromatic heterocycles. The number of amides is 1. The van der Waals surface area contributed by atoms with Crippen molar-refractivity contribution in [3.05, 3.63) is 22.4 Å². The number of hydrogen-bond donors (Lipinski definition) is 0. The van der Waals surface area contributed by atoms with Crippen molar-refractivity contribution in [3.8, 4) is 0 Å². The van der Waals surface area contributed by atoms with E-state index in [4.69, 9.17) is 0 Å². The van der Waals surface area contributed by atoms with Crippen molar-refractivity contribution >= 4 is 21.8 Å². The highest BCUT2D eigenvalue weighted by Crippen LogP contribution is 2.30. The lowest BCUT2D eigenvalue weighted by molar-refractivity contribution is 0.0767. The Hall–Kier alpha value is -0.770. The van der Waals surface area contributed by atoms with Crippen LogP contribution in [0.25, 0.3) is 0 Å². The van der Waals surface area contributed by atoms with E-state index >= 15 is 0 Å². The predicted octanol–water partition coefficient (Wildman–Crippen LogP) is 3.14. The van der Waals surface area contributed by atoms with Gasteiger partial charge in [0.05, 0.1) is 0 Å². The van der Waals surface area contributed by atoms with Gasteiger partial charge in [-0.05, 0) is 40.8 Å². The molecule has 3 nitrogen and oxygen atoms in total. The number of aromatic nitrogens is 1. The number of likely N-dealkylation sites (tertiary alicyclic amines) is 1. The van der Waals surface area contributed by atoms with E-state index < -0.39 is 0 Å². The molecule has 4 heteroatoms. The van der Waals surface area contributed by atoms with Gasteiger partial charge in [0.15, 0.2) is 0 Å². The first-order valence-corrected chi connectivity index (χ1v) is 6.87. The molecule has 1 aliphatic rings. The van der Waals surface area contributed by atoms with Crippen LogP contribution in [0.15, 0.2) is 16.7 Å². The molecule has 1 amide bonds. The quantitative estimate of drug-likeness (QED) is 0.823. The molecule has 2 heterocycles. The number of rotatable bonds is 2. The van der Waals surface area contributed by atoms with Crippen molar-refractivity contribution in [1.82, 2.24) is 9.47 Å². The van der Waals surface area contributed by atoms with Gasteiger partial charge in [-0.1, -0.05) is 13.8 Å². The van der Waals surface area contributed by atoms with Gasteiger partial charge in [-0.3, -0.25) is 4.79 Å². The number of aryl methyl sites for hydroxylation is 1. The molecule has 0 aromatic carbocycles. The molecular formula is C13H19BrN2O. The summed E-state index contributed by atoms with van der Waals surface area (Å²) in [6, 6.07) is 1.91. The van der Waals surface area contributed by atoms with E-state index in [1.807, 2.05) is 21.7 Å². The van der Waals surface area contributed by atoms with Crippen LogP contribution < -0.4 is 0 Å². The summed E-state index contributed by atoms with van der Waals surface area (Å²) in [6.45, 7) is 9.04. The summed E-state index contributed by atoms with van der Waals surface area (Å²) in [7, 11) is 0. The summed E-state index contributed by atoms with van der Waals surface area (Å²) < 4.78 is 2.97. The predicted molar refractivity (Wildman–Crippen MR) is 72.1 cm³/mol. The summed E-state index contributed by atoms with van der Waals surface area (Å²) in [5.41, 5.74) is 1.05. The topological polar surface area (TPSA) is 25.2 Å². The van der Waals surface area contributed by atoms with Gasteiger partial charge in [0.2, 0.25) is 0 Å². The SMILES string of the molecule is CCn1cc(Br)cc1C(=O)N1CCC(C)(C)C1. The third-order valence-corrected chi connectivity index (χ3v) is 3.82. The second kappa shape index (κ2) is 4.48. The number of halogens is 1. The largest absolute Gasteiger partial charge is 0.343 e. The standard InChI is InChI=1S/C13H19BrN2O/c1-4-15-8-10(14)7-11(15)12(17)16-6-5-13(2,3)9-16/h7-8H,4-6,9H2,1-3H3. The molecule has 1 saturated heterocycles. The fourth-order valence-corrected chi connectivity index (χ4v) is 2.83.